The summed E-state index contributed by atoms with van der Waals surface area (Å²) in [5.74, 6) is 0. The van der Waals surface area contributed by atoms with E-state index in [0.717, 1.165) is 56.7 Å². The quantitative estimate of drug-likeness (QED) is 0.117. The van der Waals surface area contributed by atoms with Crippen molar-refractivity contribution in [1.29, 1.82) is 0 Å². The summed E-state index contributed by atoms with van der Waals surface area (Å²) in [7, 11) is 0. The van der Waals surface area contributed by atoms with Crippen LogP contribution in [0, 0.1) is 13.8 Å². The monoisotopic (exact) mass is 752 g/mol. The number of hydrogen-bond acceptors (Lipinski definition) is 6. The van der Waals surface area contributed by atoms with Crippen molar-refractivity contribution >= 4 is 73.4 Å². The molecule has 4 heterocycles. The third-order valence-corrected chi connectivity index (χ3v) is 6.04. The first-order valence-corrected chi connectivity index (χ1v) is 12.6. The van der Waals surface area contributed by atoms with Gasteiger partial charge in [0.25, 0.3) is 0 Å². The van der Waals surface area contributed by atoms with Crippen molar-refractivity contribution in [3.05, 3.63) is 120 Å². The number of hydrogen-bond donors (Lipinski definition) is 0. The zero-order valence-corrected chi connectivity index (χ0v) is 29.3. The third-order valence-electron chi connectivity index (χ3n) is 6.04. The van der Waals surface area contributed by atoms with Gasteiger partial charge in [0.1, 0.15) is 0 Å². The molecule has 0 unspecified atom stereocenters. The zero-order valence-electron chi connectivity index (χ0n) is 23.8. The third kappa shape index (κ3) is 12.0. The normalized spacial score (nSPS) is 9.86. The molecule has 0 radical (unpaired) electrons. The number of aryl methyl sites for hydroxylation is 2. The number of nitrogens with zero attached hydrogens (tertiary/aromatic N) is 6. The van der Waals surface area contributed by atoms with Crippen LogP contribution >= 0.6 is 49.6 Å². The molecule has 0 fully saturated rings. The Morgan fingerprint density at radius 2 is 0.909 bits per heavy atom. The van der Waals surface area contributed by atoms with Gasteiger partial charge in [-0.05, 0) is 85.6 Å². The summed E-state index contributed by atoms with van der Waals surface area (Å²) in [5.41, 5.74) is 9.39. The summed E-state index contributed by atoms with van der Waals surface area (Å²) in [4.78, 5) is 27.7. The molecule has 0 spiro atoms. The van der Waals surface area contributed by atoms with E-state index in [1.54, 1.807) is 12.4 Å². The van der Waals surface area contributed by atoms with E-state index >= 15 is 0 Å². The number of benzene rings is 1. The SMILES string of the molecule is Cc1cc(N=CCc2cccc(-c3ccccn3)n2)c(C)cc1N=CCc1cccc(-c2ccccn2)n1.Cl.Cl.Cl.Cl.[Fe].[Fe]. The summed E-state index contributed by atoms with van der Waals surface area (Å²) >= 11 is 0. The minimum absolute atomic E-state index is 0. The van der Waals surface area contributed by atoms with Gasteiger partial charge in [-0.2, -0.15) is 0 Å². The van der Waals surface area contributed by atoms with Crippen LogP contribution in [0.2, 0.25) is 0 Å². The second-order valence-electron chi connectivity index (χ2n) is 8.92. The van der Waals surface area contributed by atoms with Crippen LogP contribution in [-0.4, -0.2) is 32.4 Å². The number of halogens is 4. The minimum atomic E-state index is 0. The minimum Gasteiger partial charge on any atom is -0.261 e. The molecule has 5 rings (SSSR count). The van der Waals surface area contributed by atoms with Crippen LogP contribution < -0.4 is 0 Å². The fraction of sp³-hybridized carbons (Fsp3) is 0.125. The van der Waals surface area contributed by atoms with Gasteiger partial charge in [-0.3, -0.25) is 29.9 Å². The fourth-order valence-corrected chi connectivity index (χ4v) is 4.04. The number of aromatic nitrogens is 4. The molecule has 5 aromatic rings. The van der Waals surface area contributed by atoms with Crippen molar-refractivity contribution in [3.8, 4) is 22.8 Å². The van der Waals surface area contributed by atoms with Gasteiger partial charge in [0, 0.05) is 83.2 Å². The smallest absolute Gasteiger partial charge is 0.0889 e. The molecule has 234 valence electrons. The maximum Gasteiger partial charge on any atom is 0.0889 e. The van der Waals surface area contributed by atoms with Crippen molar-refractivity contribution in [3.63, 3.8) is 0 Å². The van der Waals surface area contributed by atoms with Gasteiger partial charge in [0.05, 0.1) is 34.2 Å². The first-order valence-electron chi connectivity index (χ1n) is 12.6. The molecule has 6 nitrogen and oxygen atoms in total. The molecule has 44 heavy (non-hydrogen) atoms. The van der Waals surface area contributed by atoms with Gasteiger partial charge in [-0.1, -0.05) is 24.3 Å². The van der Waals surface area contributed by atoms with Gasteiger partial charge in [-0.25, -0.2) is 0 Å². The van der Waals surface area contributed by atoms with E-state index in [9.17, 15) is 0 Å². The maximum atomic E-state index is 4.73. The van der Waals surface area contributed by atoms with E-state index in [4.69, 9.17) is 20.0 Å². The van der Waals surface area contributed by atoms with E-state index in [0.29, 0.717) is 12.8 Å². The molecular formula is C32H32Cl4Fe2N6. The molecule has 0 N–H and O–H groups in total. The zero-order chi connectivity index (χ0) is 26.2. The van der Waals surface area contributed by atoms with Crippen molar-refractivity contribution in [2.24, 2.45) is 9.98 Å². The molecule has 12 heteroatoms. The van der Waals surface area contributed by atoms with Crippen molar-refractivity contribution in [2.75, 3.05) is 0 Å². The summed E-state index contributed by atoms with van der Waals surface area (Å²) in [6.07, 6.45) is 8.67. The molecule has 1 aromatic carbocycles. The molecular weight excluding hydrogens is 722 g/mol. The van der Waals surface area contributed by atoms with Crippen molar-refractivity contribution < 1.29 is 34.1 Å². The molecule has 0 aliphatic rings. The summed E-state index contributed by atoms with van der Waals surface area (Å²) < 4.78 is 0. The number of aliphatic imine (C=N–C) groups is 2. The first kappa shape index (κ1) is 43.5. The number of pyridine rings is 4. The molecule has 0 atom stereocenters. The van der Waals surface area contributed by atoms with Crippen LogP contribution in [0.25, 0.3) is 22.8 Å². The van der Waals surface area contributed by atoms with Gasteiger partial charge >= 0.3 is 0 Å². The van der Waals surface area contributed by atoms with Gasteiger partial charge in [-0.15, -0.1) is 49.6 Å². The van der Waals surface area contributed by atoms with Gasteiger partial charge in [0.15, 0.2) is 0 Å². The number of rotatable bonds is 8. The molecule has 0 aliphatic heterocycles. The average molecular weight is 754 g/mol. The second-order valence-corrected chi connectivity index (χ2v) is 8.92. The molecule has 0 amide bonds. The van der Waals surface area contributed by atoms with Gasteiger partial charge in [0.2, 0.25) is 0 Å². The average Bonchev–Trinajstić information content (AvgIpc) is 2.97. The second kappa shape index (κ2) is 22.0. The molecule has 0 bridgehead atoms. The van der Waals surface area contributed by atoms with Crippen molar-refractivity contribution in [2.45, 2.75) is 26.7 Å². The van der Waals surface area contributed by atoms with Gasteiger partial charge < -0.3 is 0 Å². The summed E-state index contributed by atoms with van der Waals surface area (Å²) in [6.45, 7) is 4.12. The molecule has 0 saturated heterocycles. The predicted molar refractivity (Wildman–Crippen MR) is 184 cm³/mol. The van der Waals surface area contributed by atoms with Crippen molar-refractivity contribution in [1.82, 2.24) is 19.9 Å². The maximum absolute atomic E-state index is 4.73. The van der Waals surface area contributed by atoms with E-state index in [2.05, 4.69) is 35.9 Å². The van der Waals surface area contributed by atoms with Crippen LogP contribution in [0.1, 0.15) is 22.5 Å². The predicted octanol–water partition coefficient (Wildman–Crippen LogP) is 8.79. The Bertz CT molecular complexity index is 1490. The Morgan fingerprint density at radius 1 is 0.523 bits per heavy atom. The van der Waals surface area contributed by atoms with Crippen LogP contribution in [-0.2, 0) is 47.0 Å². The van der Waals surface area contributed by atoms with Crippen LogP contribution in [0.15, 0.2) is 107 Å². The standard InChI is InChI=1S/C32H28N6.4ClH.2Fe/c1-23-21-32(36-20-16-26-10-8-14-30(38-26)28-12-4-6-18-34-28)24(2)22-31(23)35-19-15-25-9-7-13-29(37-25)27-11-3-5-17-33-27;;;;;;/h3-14,17-22H,15-16H2,1-2H3;4*1H;;. The molecule has 0 aliphatic carbocycles. The summed E-state index contributed by atoms with van der Waals surface area (Å²) in [5, 5.41) is 0. The Morgan fingerprint density at radius 3 is 1.27 bits per heavy atom. The van der Waals surface area contributed by atoms with E-state index in [1.165, 1.54) is 0 Å². The Labute approximate surface area is 304 Å². The fourth-order valence-electron chi connectivity index (χ4n) is 4.04. The largest absolute Gasteiger partial charge is 0.261 e. The van der Waals surface area contributed by atoms with Crippen LogP contribution in [0.3, 0.4) is 0 Å². The van der Waals surface area contributed by atoms with Crippen LogP contribution in [0.5, 0.6) is 0 Å². The Hall–Kier alpha value is -2.64. The Kier molecular flexibility index (Phi) is 21.7. The topological polar surface area (TPSA) is 76.3 Å². The molecule has 4 aromatic heterocycles. The van der Waals surface area contributed by atoms with E-state index < -0.39 is 0 Å². The van der Waals surface area contributed by atoms with E-state index in [-0.39, 0.29) is 83.8 Å². The molecule has 0 saturated carbocycles. The first-order chi connectivity index (χ1) is 18.7. The van der Waals surface area contributed by atoms with E-state index in [1.807, 2.05) is 85.2 Å². The summed E-state index contributed by atoms with van der Waals surface area (Å²) in [6, 6.07) is 27.8. The van der Waals surface area contributed by atoms with Crippen LogP contribution in [0.4, 0.5) is 11.4 Å². The Balaban J connectivity index is 0.